The van der Waals surface area contributed by atoms with Gasteiger partial charge < -0.3 is 0 Å². The highest BCUT2D eigenvalue weighted by molar-refractivity contribution is 5.33. The molecule has 1 aromatic rings. The standard InChI is InChI=1S/C29H46N2/c1-3-5-6-7-8-9-11-26-20-21-28(31-29(26)22-30)27-18-16-25(17-19-27)24-14-12-23(10-4-2)13-15-24/h20-21,23-25,27H,3-19H2,1-2H3. The Balaban J connectivity index is 1.45. The zero-order valence-corrected chi connectivity index (χ0v) is 20.4. The number of rotatable bonds is 11. The highest BCUT2D eigenvalue weighted by Crippen LogP contribution is 2.44. The number of nitrogens with zero attached hydrogens (tertiary/aromatic N) is 2. The van der Waals surface area contributed by atoms with Gasteiger partial charge in [0.2, 0.25) is 0 Å². The van der Waals surface area contributed by atoms with Crippen LogP contribution in [-0.4, -0.2) is 4.98 Å². The average Bonchev–Trinajstić information content (AvgIpc) is 2.82. The maximum absolute atomic E-state index is 9.67. The first-order chi connectivity index (χ1) is 15.2. The van der Waals surface area contributed by atoms with Crippen LogP contribution in [0.25, 0.3) is 0 Å². The quantitative estimate of drug-likeness (QED) is 0.334. The molecule has 1 aromatic heterocycles. The van der Waals surface area contributed by atoms with Gasteiger partial charge in [-0.15, -0.1) is 0 Å². The lowest BCUT2D eigenvalue weighted by Crippen LogP contribution is -2.25. The van der Waals surface area contributed by atoms with Crippen molar-refractivity contribution in [2.75, 3.05) is 0 Å². The molecule has 1 heterocycles. The van der Waals surface area contributed by atoms with E-state index in [4.69, 9.17) is 4.98 Å². The Hall–Kier alpha value is -1.36. The van der Waals surface area contributed by atoms with Gasteiger partial charge in [-0.2, -0.15) is 5.26 Å². The van der Waals surface area contributed by atoms with E-state index < -0.39 is 0 Å². The third kappa shape index (κ3) is 7.34. The third-order valence-electron chi connectivity index (χ3n) is 8.35. The molecule has 0 radical (unpaired) electrons. The van der Waals surface area contributed by atoms with Crippen molar-refractivity contribution in [2.24, 2.45) is 17.8 Å². The first kappa shape index (κ1) is 24.3. The van der Waals surface area contributed by atoms with Gasteiger partial charge in [-0.05, 0) is 80.8 Å². The van der Waals surface area contributed by atoms with Crippen LogP contribution < -0.4 is 0 Å². The number of hydrogen-bond donors (Lipinski definition) is 0. The predicted molar refractivity (Wildman–Crippen MR) is 131 cm³/mol. The number of unbranched alkanes of at least 4 members (excludes halogenated alkanes) is 5. The van der Waals surface area contributed by atoms with E-state index in [0.29, 0.717) is 11.6 Å². The number of pyridine rings is 1. The van der Waals surface area contributed by atoms with Gasteiger partial charge in [0, 0.05) is 11.6 Å². The lowest BCUT2D eigenvalue weighted by Gasteiger charge is -2.37. The van der Waals surface area contributed by atoms with E-state index in [-0.39, 0.29) is 0 Å². The molecule has 172 valence electrons. The molecule has 2 nitrogen and oxygen atoms in total. The molecule has 0 unspecified atom stereocenters. The van der Waals surface area contributed by atoms with Gasteiger partial charge in [-0.25, -0.2) is 4.98 Å². The molecule has 2 heteroatoms. The minimum atomic E-state index is 0.572. The van der Waals surface area contributed by atoms with Gasteiger partial charge in [-0.3, -0.25) is 0 Å². The Morgan fingerprint density at radius 2 is 1.45 bits per heavy atom. The molecule has 0 aromatic carbocycles. The molecular weight excluding hydrogens is 376 g/mol. The number of hydrogen-bond acceptors (Lipinski definition) is 2. The smallest absolute Gasteiger partial charge is 0.143 e. The molecule has 3 rings (SSSR count). The molecule has 2 aliphatic rings. The summed E-state index contributed by atoms with van der Waals surface area (Å²) < 4.78 is 0. The first-order valence-corrected chi connectivity index (χ1v) is 13.6. The van der Waals surface area contributed by atoms with E-state index in [1.54, 1.807) is 0 Å². The van der Waals surface area contributed by atoms with Crippen LogP contribution in [0.2, 0.25) is 0 Å². The first-order valence-electron chi connectivity index (χ1n) is 13.6. The van der Waals surface area contributed by atoms with Gasteiger partial charge in [0.25, 0.3) is 0 Å². The second kappa shape index (κ2) is 13.2. The van der Waals surface area contributed by atoms with Crippen molar-refractivity contribution >= 4 is 0 Å². The predicted octanol–water partition coefficient (Wildman–Crippen LogP) is 8.74. The van der Waals surface area contributed by atoms with Crippen molar-refractivity contribution < 1.29 is 0 Å². The van der Waals surface area contributed by atoms with E-state index in [1.165, 1.54) is 114 Å². The fraction of sp³-hybridized carbons (Fsp3) is 0.793. The van der Waals surface area contributed by atoms with E-state index in [1.807, 2.05) is 0 Å². The van der Waals surface area contributed by atoms with Gasteiger partial charge in [0.1, 0.15) is 11.8 Å². The Morgan fingerprint density at radius 3 is 2.10 bits per heavy atom. The largest absolute Gasteiger partial charge is 0.242 e. The van der Waals surface area contributed by atoms with Crippen molar-refractivity contribution in [2.45, 2.75) is 129 Å². The monoisotopic (exact) mass is 422 g/mol. The van der Waals surface area contributed by atoms with Gasteiger partial charge in [0.15, 0.2) is 0 Å². The molecule has 0 bridgehead atoms. The zero-order chi connectivity index (χ0) is 21.9. The normalized spacial score (nSPS) is 26.5. The van der Waals surface area contributed by atoms with Gasteiger partial charge in [-0.1, -0.05) is 77.7 Å². The lowest BCUT2D eigenvalue weighted by molar-refractivity contribution is 0.156. The van der Waals surface area contributed by atoms with Crippen molar-refractivity contribution in [3.8, 4) is 6.07 Å². The topological polar surface area (TPSA) is 36.7 Å². The molecule has 0 aliphatic heterocycles. The summed E-state index contributed by atoms with van der Waals surface area (Å²) in [6.45, 7) is 4.60. The third-order valence-corrected chi connectivity index (χ3v) is 8.35. The average molecular weight is 423 g/mol. The number of nitriles is 1. The molecule has 2 aliphatic carbocycles. The van der Waals surface area contributed by atoms with Crippen molar-refractivity contribution in [3.05, 3.63) is 29.1 Å². The summed E-state index contributed by atoms with van der Waals surface area (Å²) in [5, 5.41) is 9.67. The summed E-state index contributed by atoms with van der Waals surface area (Å²) in [5.74, 6) is 3.52. The van der Waals surface area contributed by atoms with Crippen LogP contribution in [0, 0.1) is 29.1 Å². The molecule has 0 amide bonds. The fourth-order valence-electron chi connectivity index (χ4n) is 6.37. The Labute approximate surface area is 192 Å². The van der Waals surface area contributed by atoms with E-state index in [0.717, 1.165) is 24.2 Å². The second-order valence-corrected chi connectivity index (χ2v) is 10.6. The molecular formula is C29H46N2. The van der Waals surface area contributed by atoms with Crippen molar-refractivity contribution in [1.29, 1.82) is 5.26 Å². The molecule has 0 atom stereocenters. The SMILES string of the molecule is CCCCCCCCc1ccc(C2CCC(C3CCC(CCC)CC3)CC2)nc1C#N. The van der Waals surface area contributed by atoms with Gasteiger partial charge in [0.05, 0.1) is 0 Å². The molecule has 0 saturated heterocycles. The van der Waals surface area contributed by atoms with E-state index in [9.17, 15) is 5.26 Å². The summed E-state index contributed by atoms with van der Waals surface area (Å²) in [7, 11) is 0. The fourth-order valence-corrected chi connectivity index (χ4v) is 6.37. The summed E-state index contributed by atoms with van der Waals surface area (Å²) >= 11 is 0. The Morgan fingerprint density at radius 1 is 0.806 bits per heavy atom. The number of aryl methyl sites for hydroxylation is 1. The summed E-state index contributed by atoms with van der Waals surface area (Å²) in [6.07, 6.45) is 22.8. The molecule has 2 saturated carbocycles. The van der Waals surface area contributed by atoms with Crippen molar-refractivity contribution in [1.82, 2.24) is 4.98 Å². The van der Waals surface area contributed by atoms with Crippen LogP contribution in [0.3, 0.4) is 0 Å². The highest BCUT2D eigenvalue weighted by atomic mass is 14.7. The minimum Gasteiger partial charge on any atom is -0.242 e. The molecule has 0 N–H and O–H groups in total. The summed E-state index contributed by atoms with van der Waals surface area (Å²) in [6, 6.07) is 6.86. The van der Waals surface area contributed by atoms with Crippen LogP contribution in [0.1, 0.15) is 139 Å². The maximum Gasteiger partial charge on any atom is 0.143 e. The molecule has 31 heavy (non-hydrogen) atoms. The summed E-state index contributed by atoms with van der Waals surface area (Å²) in [5.41, 5.74) is 3.05. The Bertz CT molecular complexity index is 672. The van der Waals surface area contributed by atoms with Crippen LogP contribution in [0.4, 0.5) is 0 Å². The summed E-state index contributed by atoms with van der Waals surface area (Å²) in [4.78, 5) is 4.85. The minimum absolute atomic E-state index is 0.572. The second-order valence-electron chi connectivity index (χ2n) is 10.6. The molecule has 2 fully saturated rings. The van der Waals surface area contributed by atoms with Gasteiger partial charge >= 0.3 is 0 Å². The van der Waals surface area contributed by atoms with E-state index in [2.05, 4.69) is 32.0 Å². The van der Waals surface area contributed by atoms with Crippen LogP contribution in [0.5, 0.6) is 0 Å². The molecule has 0 spiro atoms. The van der Waals surface area contributed by atoms with Crippen LogP contribution in [-0.2, 0) is 6.42 Å². The van der Waals surface area contributed by atoms with Crippen molar-refractivity contribution in [3.63, 3.8) is 0 Å². The van der Waals surface area contributed by atoms with Crippen LogP contribution in [0.15, 0.2) is 12.1 Å². The number of aromatic nitrogens is 1. The maximum atomic E-state index is 9.67. The highest BCUT2D eigenvalue weighted by Gasteiger charge is 2.31. The lowest BCUT2D eigenvalue weighted by atomic mass is 9.68. The Kier molecular flexibility index (Phi) is 10.4. The van der Waals surface area contributed by atoms with Crippen LogP contribution >= 0.6 is 0 Å². The van der Waals surface area contributed by atoms with E-state index >= 15 is 0 Å². The zero-order valence-electron chi connectivity index (χ0n) is 20.4.